The SMILES string of the molecule is O=C(NCC1CCN(c2ccncc2)CC1)c1ccoc1.O=CO. The van der Waals surface area contributed by atoms with Gasteiger partial charge >= 0.3 is 0 Å². The van der Waals surface area contributed by atoms with Gasteiger partial charge in [-0.2, -0.15) is 0 Å². The summed E-state index contributed by atoms with van der Waals surface area (Å²) >= 11 is 0. The average molecular weight is 331 g/mol. The minimum atomic E-state index is -0.250. The highest BCUT2D eigenvalue weighted by molar-refractivity contribution is 5.93. The maximum atomic E-state index is 11.8. The fourth-order valence-electron chi connectivity index (χ4n) is 2.68. The monoisotopic (exact) mass is 331 g/mol. The van der Waals surface area contributed by atoms with Gasteiger partial charge in [0.1, 0.15) is 6.26 Å². The number of pyridine rings is 1. The Kier molecular flexibility index (Phi) is 6.82. The van der Waals surface area contributed by atoms with Crippen LogP contribution in [-0.4, -0.2) is 42.1 Å². The lowest BCUT2D eigenvalue weighted by Gasteiger charge is -2.33. The van der Waals surface area contributed by atoms with Crippen LogP contribution in [-0.2, 0) is 4.79 Å². The first-order chi connectivity index (χ1) is 11.7. The molecule has 3 heterocycles. The van der Waals surface area contributed by atoms with Crippen molar-refractivity contribution in [3.8, 4) is 0 Å². The molecule has 1 saturated heterocycles. The van der Waals surface area contributed by atoms with Crippen molar-refractivity contribution in [2.75, 3.05) is 24.5 Å². The number of rotatable bonds is 4. The number of carboxylic acid groups (broad SMARTS) is 1. The number of nitrogens with zero attached hydrogens (tertiary/aromatic N) is 2. The Labute approximate surface area is 140 Å². The number of aromatic nitrogens is 1. The van der Waals surface area contributed by atoms with Crippen molar-refractivity contribution >= 4 is 18.1 Å². The maximum absolute atomic E-state index is 11.8. The van der Waals surface area contributed by atoms with Gasteiger partial charge in [-0.05, 0) is 37.0 Å². The first kappa shape index (κ1) is 17.5. The zero-order chi connectivity index (χ0) is 17.2. The Morgan fingerprint density at radius 3 is 2.58 bits per heavy atom. The second kappa shape index (κ2) is 9.34. The van der Waals surface area contributed by atoms with Crippen molar-refractivity contribution in [2.24, 2.45) is 5.92 Å². The molecule has 0 radical (unpaired) electrons. The molecule has 1 amide bonds. The highest BCUT2D eigenvalue weighted by atomic mass is 16.3. The van der Waals surface area contributed by atoms with E-state index >= 15 is 0 Å². The highest BCUT2D eigenvalue weighted by Gasteiger charge is 2.20. The molecule has 128 valence electrons. The van der Waals surface area contributed by atoms with E-state index in [0.717, 1.165) is 32.5 Å². The van der Waals surface area contributed by atoms with Crippen molar-refractivity contribution in [3.63, 3.8) is 0 Å². The van der Waals surface area contributed by atoms with E-state index in [9.17, 15) is 4.79 Å². The van der Waals surface area contributed by atoms with E-state index in [1.807, 2.05) is 24.5 Å². The molecule has 7 nitrogen and oxygen atoms in total. The molecule has 2 N–H and O–H groups in total. The number of furan rings is 1. The van der Waals surface area contributed by atoms with Crippen LogP contribution in [0.4, 0.5) is 5.69 Å². The Hall–Kier alpha value is -2.83. The quantitative estimate of drug-likeness (QED) is 0.832. The standard InChI is InChI=1S/C16H19N3O2.CH2O2/c20-16(14-5-10-21-12-14)18-11-13-3-8-19(9-4-13)15-1-6-17-7-2-15;2-1-3/h1-2,5-7,10,12-13H,3-4,8-9,11H2,(H,18,20);1H,(H,2,3). The third-order valence-electron chi connectivity index (χ3n) is 3.98. The fourth-order valence-corrected chi connectivity index (χ4v) is 2.68. The maximum Gasteiger partial charge on any atom is 0.290 e. The van der Waals surface area contributed by atoms with Crippen molar-refractivity contribution < 1.29 is 19.1 Å². The van der Waals surface area contributed by atoms with E-state index in [-0.39, 0.29) is 12.4 Å². The van der Waals surface area contributed by atoms with Crippen molar-refractivity contribution in [3.05, 3.63) is 48.7 Å². The summed E-state index contributed by atoms with van der Waals surface area (Å²) in [5.74, 6) is 0.485. The smallest absolute Gasteiger partial charge is 0.290 e. The van der Waals surface area contributed by atoms with Crippen LogP contribution in [0.2, 0.25) is 0 Å². The number of carbonyl (C=O) groups excluding carboxylic acids is 1. The molecule has 0 unspecified atom stereocenters. The number of anilines is 1. The van der Waals surface area contributed by atoms with E-state index < -0.39 is 0 Å². The summed E-state index contributed by atoms with van der Waals surface area (Å²) in [4.78, 5) is 26.6. The Morgan fingerprint density at radius 2 is 2.00 bits per heavy atom. The second-order valence-corrected chi connectivity index (χ2v) is 5.46. The van der Waals surface area contributed by atoms with E-state index in [0.29, 0.717) is 11.5 Å². The van der Waals surface area contributed by atoms with Crippen LogP contribution in [0, 0.1) is 5.92 Å². The van der Waals surface area contributed by atoms with Gasteiger partial charge in [-0.3, -0.25) is 14.6 Å². The topological polar surface area (TPSA) is 95.7 Å². The third-order valence-corrected chi connectivity index (χ3v) is 3.98. The van der Waals surface area contributed by atoms with Gasteiger partial charge in [-0.15, -0.1) is 0 Å². The molecule has 3 rings (SSSR count). The molecule has 2 aromatic heterocycles. The molecule has 24 heavy (non-hydrogen) atoms. The van der Waals surface area contributed by atoms with E-state index in [1.54, 1.807) is 6.07 Å². The molecular weight excluding hydrogens is 310 g/mol. The van der Waals surface area contributed by atoms with Crippen LogP contribution in [0.1, 0.15) is 23.2 Å². The third kappa shape index (κ3) is 5.12. The summed E-state index contributed by atoms with van der Waals surface area (Å²) < 4.78 is 4.92. The van der Waals surface area contributed by atoms with Crippen LogP contribution in [0.3, 0.4) is 0 Å². The number of piperidine rings is 1. The summed E-state index contributed by atoms with van der Waals surface area (Å²) in [6.45, 7) is 2.53. The number of hydrogen-bond donors (Lipinski definition) is 2. The van der Waals surface area contributed by atoms with E-state index in [4.69, 9.17) is 14.3 Å². The summed E-state index contributed by atoms with van der Waals surface area (Å²) in [6, 6.07) is 5.77. The van der Waals surface area contributed by atoms with Gasteiger partial charge in [0.05, 0.1) is 11.8 Å². The molecule has 0 atom stereocenters. The number of carbonyl (C=O) groups is 2. The lowest BCUT2D eigenvalue weighted by Crippen LogP contribution is -2.38. The molecule has 0 saturated carbocycles. The molecular formula is C17H21N3O4. The molecule has 0 spiro atoms. The Bertz CT molecular complexity index is 608. The first-order valence-corrected chi connectivity index (χ1v) is 7.77. The highest BCUT2D eigenvalue weighted by Crippen LogP contribution is 2.22. The summed E-state index contributed by atoms with van der Waals surface area (Å²) in [7, 11) is 0. The second-order valence-electron chi connectivity index (χ2n) is 5.46. The van der Waals surface area contributed by atoms with Crippen molar-refractivity contribution in [1.82, 2.24) is 10.3 Å². The minimum Gasteiger partial charge on any atom is -0.483 e. The van der Waals surface area contributed by atoms with Gasteiger partial charge in [0.2, 0.25) is 0 Å². The van der Waals surface area contributed by atoms with Crippen LogP contribution in [0.5, 0.6) is 0 Å². The number of hydrogen-bond acceptors (Lipinski definition) is 5. The Balaban J connectivity index is 0.000000647. The minimum absolute atomic E-state index is 0.0553. The predicted molar refractivity (Wildman–Crippen MR) is 88.9 cm³/mol. The van der Waals surface area contributed by atoms with Crippen LogP contribution in [0.25, 0.3) is 0 Å². The molecule has 0 aromatic carbocycles. The normalized spacial score (nSPS) is 14.4. The molecule has 0 aliphatic carbocycles. The van der Waals surface area contributed by atoms with Crippen molar-refractivity contribution in [2.45, 2.75) is 12.8 Å². The van der Waals surface area contributed by atoms with Crippen LogP contribution in [0.15, 0.2) is 47.5 Å². The summed E-state index contributed by atoms with van der Waals surface area (Å²) in [5.41, 5.74) is 1.81. The van der Waals surface area contributed by atoms with E-state index in [2.05, 4.69) is 15.2 Å². The first-order valence-electron chi connectivity index (χ1n) is 7.77. The molecule has 1 aliphatic heterocycles. The van der Waals surface area contributed by atoms with Crippen molar-refractivity contribution in [1.29, 1.82) is 0 Å². The zero-order valence-corrected chi connectivity index (χ0v) is 13.3. The summed E-state index contributed by atoms with van der Waals surface area (Å²) in [5, 5.41) is 9.87. The average Bonchev–Trinajstić information content (AvgIpc) is 3.16. The molecule has 7 heteroatoms. The van der Waals surface area contributed by atoms with Gasteiger partial charge in [0, 0.05) is 37.7 Å². The number of amides is 1. The van der Waals surface area contributed by atoms with Crippen LogP contribution < -0.4 is 10.2 Å². The van der Waals surface area contributed by atoms with Gasteiger partial charge in [-0.1, -0.05) is 0 Å². The molecule has 1 fully saturated rings. The zero-order valence-electron chi connectivity index (χ0n) is 13.3. The lowest BCUT2D eigenvalue weighted by atomic mass is 9.96. The number of nitrogens with one attached hydrogen (secondary N) is 1. The van der Waals surface area contributed by atoms with Crippen LogP contribution >= 0.6 is 0 Å². The largest absolute Gasteiger partial charge is 0.483 e. The van der Waals surface area contributed by atoms with Gasteiger partial charge < -0.3 is 19.7 Å². The summed E-state index contributed by atoms with van der Waals surface area (Å²) in [6.07, 6.45) is 8.82. The molecule has 1 aliphatic rings. The van der Waals surface area contributed by atoms with Gasteiger partial charge in [0.25, 0.3) is 12.4 Å². The van der Waals surface area contributed by atoms with E-state index in [1.165, 1.54) is 18.2 Å². The molecule has 0 bridgehead atoms. The Morgan fingerprint density at radius 1 is 1.33 bits per heavy atom. The van der Waals surface area contributed by atoms with Gasteiger partial charge in [0.15, 0.2) is 0 Å². The van der Waals surface area contributed by atoms with Gasteiger partial charge in [-0.25, -0.2) is 0 Å². The fraction of sp³-hybridized carbons (Fsp3) is 0.353. The lowest BCUT2D eigenvalue weighted by molar-refractivity contribution is -0.122. The molecule has 2 aromatic rings. The predicted octanol–water partition coefficient (Wildman–Crippen LogP) is 2.02.